The van der Waals surface area contributed by atoms with E-state index in [9.17, 15) is 8.78 Å². The molecule has 2 heteroatoms. The highest BCUT2D eigenvalue weighted by Gasteiger charge is 2.25. The van der Waals surface area contributed by atoms with Crippen LogP contribution in [-0.2, 0) is 0 Å². The molecule has 22 heavy (non-hydrogen) atoms. The third-order valence-corrected chi connectivity index (χ3v) is 5.59. The summed E-state index contributed by atoms with van der Waals surface area (Å²) in [6.07, 6.45) is 9.20. The van der Waals surface area contributed by atoms with Gasteiger partial charge in [-0.2, -0.15) is 0 Å². The van der Waals surface area contributed by atoms with E-state index in [2.05, 4.69) is 19.9 Å². The fourth-order valence-corrected chi connectivity index (χ4v) is 3.91. The maximum absolute atomic E-state index is 14.6. The summed E-state index contributed by atoms with van der Waals surface area (Å²) in [6, 6.07) is 3.65. The lowest BCUT2D eigenvalue weighted by atomic mass is 9.78. The summed E-state index contributed by atoms with van der Waals surface area (Å²) in [5, 5.41) is 0. The third-order valence-electron chi connectivity index (χ3n) is 5.59. The van der Waals surface area contributed by atoms with Crippen LogP contribution in [0.5, 0.6) is 0 Å². The van der Waals surface area contributed by atoms with Crippen LogP contribution in [0.4, 0.5) is 8.78 Å². The Labute approximate surface area is 134 Å². The highest BCUT2D eigenvalue weighted by atomic mass is 19.2. The minimum absolute atomic E-state index is 0. The number of allylic oxidation sites excluding steroid dienone is 2. The van der Waals surface area contributed by atoms with Crippen molar-refractivity contribution >= 4 is 5.57 Å². The predicted octanol–water partition coefficient (Wildman–Crippen LogP) is 6.71. The highest BCUT2D eigenvalue weighted by molar-refractivity contribution is 5.67. The van der Waals surface area contributed by atoms with Gasteiger partial charge in [0.15, 0.2) is 11.6 Å². The molecule has 122 valence electrons. The third kappa shape index (κ3) is 3.11. The van der Waals surface area contributed by atoms with Crippen LogP contribution in [0.1, 0.15) is 77.3 Å². The summed E-state index contributed by atoms with van der Waals surface area (Å²) in [6.45, 7) is 4.45. The molecule has 1 aromatic carbocycles. The molecule has 2 aliphatic carbocycles. The van der Waals surface area contributed by atoms with E-state index in [1.807, 2.05) is 12.1 Å². The summed E-state index contributed by atoms with van der Waals surface area (Å²) >= 11 is 0. The Morgan fingerprint density at radius 3 is 2.27 bits per heavy atom. The van der Waals surface area contributed by atoms with Gasteiger partial charge in [-0.25, -0.2) is 8.78 Å². The van der Waals surface area contributed by atoms with E-state index < -0.39 is 11.6 Å². The zero-order valence-corrected chi connectivity index (χ0v) is 13.7. The zero-order valence-electron chi connectivity index (χ0n) is 13.7. The molecule has 0 radical (unpaired) electrons. The Morgan fingerprint density at radius 2 is 1.64 bits per heavy atom. The Morgan fingerprint density at radius 1 is 0.909 bits per heavy atom. The molecule has 1 atom stereocenters. The van der Waals surface area contributed by atoms with E-state index in [0.717, 1.165) is 56.4 Å². The molecule has 1 unspecified atom stereocenters. The van der Waals surface area contributed by atoms with Crippen molar-refractivity contribution in [1.82, 2.24) is 0 Å². The van der Waals surface area contributed by atoms with Crippen LogP contribution >= 0.6 is 0 Å². The highest BCUT2D eigenvalue weighted by Crippen LogP contribution is 2.39. The first kappa shape index (κ1) is 15.7. The smallest absolute Gasteiger partial charge is 0.166 e. The predicted molar refractivity (Wildman–Crippen MR) is 89.8 cm³/mol. The maximum atomic E-state index is 14.6. The molecule has 0 aromatic heterocycles. The quantitative estimate of drug-likeness (QED) is 0.569. The summed E-state index contributed by atoms with van der Waals surface area (Å²) in [5.74, 6) is 0.339. The monoisotopic (exact) mass is 306 g/mol. The lowest BCUT2D eigenvalue weighted by Gasteiger charge is -2.27. The molecule has 3 rings (SSSR count). The fourth-order valence-electron chi connectivity index (χ4n) is 3.91. The summed E-state index contributed by atoms with van der Waals surface area (Å²) < 4.78 is 29.1. The molecule has 1 aromatic rings. The molecular weight excluding hydrogens is 278 g/mol. The number of halogens is 2. The first-order chi connectivity index (χ1) is 10.6. The second-order valence-corrected chi connectivity index (χ2v) is 7.40. The molecule has 1 fully saturated rings. The van der Waals surface area contributed by atoms with Gasteiger partial charge in [-0.1, -0.05) is 44.9 Å². The second kappa shape index (κ2) is 6.52. The molecule has 0 aliphatic heterocycles. The van der Waals surface area contributed by atoms with Gasteiger partial charge < -0.3 is 0 Å². The average molecular weight is 306 g/mol. The van der Waals surface area contributed by atoms with Gasteiger partial charge in [0.1, 0.15) is 0 Å². The van der Waals surface area contributed by atoms with Crippen molar-refractivity contribution in [2.45, 2.75) is 64.7 Å². The minimum Gasteiger partial charge on any atom is -0.203 e. The van der Waals surface area contributed by atoms with Gasteiger partial charge >= 0.3 is 0 Å². The summed E-state index contributed by atoms with van der Waals surface area (Å²) in [4.78, 5) is 0. The molecule has 1 saturated carbocycles. The van der Waals surface area contributed by atoms with Gasteiger partial charge in [-0.05, 0) is 61.0 Å². The van der Waals surface area contributed by atoms with E-state index in [4.69, 9.17) is 0 Å². The Hall–Kier alpha value is -1.18. The molecule has 0 N–H and O–H groups in total. The first-order valence-corrected chi connectivity index (χ1v) is 8.73. The minimum atomic E-state index is -0.628. The number of hydrogen-bond acceptors (Lipinski definition) is 0. The first-order valence-electron chi connectivity index (χ1n) is 8.73. The molecule has 0 nitrogen and oxygen atoms in total. The van der Waals surface area contributed by atoms with Crippen LogP contribution in [0.3, 0.4) is 0 Å². The van der Waals surface area contributed by atoms with Gasteiger partial charge in [-0.3, -0.25) is 0 Å². The van der Waals surface area contributed by atoms with E-state index in [1.165, 1.54) is 0 Å². The number of hydrogen-bond donors (Lipinski definition) is 0. The van der Waals surface area contributed by atoms with Crippen molar-refractivity contribution in [1.29, 1.82) is 0 Å². The van der Waals surface area contributed by atoms with E-state index in [0.29, 0.717) is 17.0 Å². The second-order valence-electron chi connectivity index (χ2n) is 7.40. The van der Waals surface area contributed by atoms with E-state index in [1.54, 1.807) is 0 Å². The van der Waals surface area contributed by atoms with Crippen molar-refractivity contribution in [2.24, 2.45) is 11.8 Å². The van der Waals surface area contributed by atoms with Crippen molar-refractivity contribution in [3.8, 4) is 0 Å². The van der Waals surface area contributed by atoms with Crippen molar-refractivity contribution in [3.05, 3.63) is 41.0 Å². The lowest BCUT2D eigenvalue weighted by Crippen LogP contribution is -2.13. The van der Waals surface area contributed by atoms with E-state index >= 15 is 0 Å². The van der Waals surface area contributed by atoms with Crippen molar-refractivity contribution < 1.29 is 10.2 Å². The molecule has 0 amide bonds. The molecular formula is C20H28F2. The summed E-state index contributed by atoms with van der Waals surface area (Å²) in [5.41, 5.74) is 2.06. The average Bonchev–Trinajstić information content (AvgIpc) is 2.52. The van der Waals surface area contributed by atoms with Crippen LogP contribution in [0.15, 0.2) is 18.2 Å². The lowest BCUT2D eigenvalue weighted by molar-refractivity contribution is 0.339. The van der Waals surface area contributed by atoms with Crippen LogP contribution in [0.2, 0.25) is 0 Å². The molecule has 0 heterocycles. The Bertz CT molecular complexity index is 571. The van der Waals surface area contributed by atoms with Crippen LogP contribution < -0.4 is 0 Å². The van der Waals surface area contributed by atoms with Gasteiger partial charge in [0.25, 0.3) is 0 Å². The van der Waals surface area contributed by atoms with Crippen LogP contribution in [-0.4, -0.2) is 0 Å². The number of benzene rings is 1. The largest absolute Gasteiger partial charge is 0.203 e. The zero-order chi connectivity index (χ0) is 15.7. The Kier molecular flexibility index (Phi) is 4.65. The van der Waals surface area contributed by atoms with Gasteiger partial charge in [0, 0.05) is 6.99 Å². The van der Waals surface area contributed by atoms with E-state index in [-0.39, 0.29) is 7.34 Å². The molecule has 2 aliphatic rings. The topological polar surface area (TPSA) is 0 Å². The SMILES string of the molecule is CC1CC=C(c2ccc(C3CCC(C)CC3)c(F)c2F)CC1.[HH]. The van der Waals surface area contributed by atoms with Crippen molar-refractivity contribution in [3.63, 3.8) is 0 Å². The van der Waals surface area contributed by atoms with Crippen LogP contribution in [0, 0.1) is 23.5 Å². The molecule has 0 spiro atoms. The van der Waals surface area contributed by atoms with Crippen molar-refractivity contribution in [2.75, 3.05) is 0 Å². The van der Waals surface area contributed by atoms with Gasteiger partial charge in [0.05, 0.1) is 0 Å². The molecule has 0 saturated heterocycles. The fraction of sp³-hybridized carbons (Fsp3) is 0.600. The number of rotatable bonds is 2. The van der Waals surface area contributed by atoms with Crippen LogP contribution in [0.25, 0.3) is 5.57 Å². The van der Waals surface area contributed by atoms with Gasteiger partial charge in [0.2, 0.25) is 0 Å². The van der Waals surface area contributed by atoms with Gasteiger partial charge in [-0.15, -0.1) is 0 Å². The Balaban J connectivity index is 0.00000192. The standard InChI is InChI=1S/C20H26F2.H2/c1-13-3-7-15(8-4-13)17-11-12-18(20(22)19(17)21)16-9-5-14(2)6-10-16;/h7,11-14,16H,3-6,8-10H2,1-2H3;1H. The normalized spacial score (nSPS) is 29.3. The summed E-state index contributed by atoms with van der Waals surface area (Å²) in [7, 11) is 0. The molecule has 0 bridgehead atoms. The maximum Gasteiger partial charge on any atom is 0.166 e.